The van der Waals surface area contributed by atoms with Crippen LogP contribution < -0.4 is 14.8 Å². The highest BCUT2D eigenvalue weighted by molar-refractivity contribution is 8.00. The summed E-state index contributed by atoms with van der Waals surface area (Å²) in [4.78, 5) is 12.5. The van der Waals surface area contributed by atoms with Crippen molar-refractivity contribution < 1.29 is 23.1 Å². The lowest BCUT2D eigenvalue weighted by molar-refractivity contribution is -0.115. The summed E-state index contributed by atoms with van der Waals surface area (Å²) in [7, 11) is 3.09. The predicted molar refractivity (Wildman–Crippen MR) is 100 cm³/mol. The summed E-state index contributed by atoms with van der Waals surface area (Å²) < 4.78 is 21.3. The number of ether oxygens (including phenoxy) is 2. The highest BCUT2D eigenvalue weighted by Gasteiger charge is 2.21. The number of thioether (sulfide) groups is 1. The van der Waals surface area contributed by atoms with Gasteiger partial charge in [-0.25, -0.2) is 0 Å². The lowest BCUT2D eigenvalue weighted by Crippen LogP contribution is -2.22. The minimum atomic E-state index is -0.473. The van der Waals surface area contributed by atoms with E-state index in [2.05, 4.69) is 15.5 Å². The van der Waals surface area contributed by atoms with Crippen LogP contribution in [0.25, 0.3) is 11.5 Å². The van der Waals surface area contributed by atoms with E-state index in [1.807, 2.05) is 6.92 Å². The Morgan fingerprint density at radius 1 is 1.22 bits per heavy atom. The largest absolute Gasteiger partial charge is 0.497 e. The van der Waals surface area contributed by atoms with E-state index < -0.39 is 5.25 Å². The Labute approximate surface area is 160 Å². The summed E-state index contributed by atoms with van der Waals surface area (Å²) >= 11 is 1.16. The maximum Gasteiger partial charge on any atom is 0.277 e. The van der Waals surface area contributed by atoms with Crippen molar-refractivity contribution >= 4 is 23.4 Å². The predicted octanol–water partition coefficient (Wildman–Crippen LogP) is 3.77. The number of methoxy groups -OCH3 is 2. The molecule has 0 fully saturated rings. The first-order valence-electron chi connectivity index (χ1n) is 8.09. The molecule has 3 rings (SSSR count). The number of hydrogen-bond acceptors (Lipinski definition) is 8. The molecule has 2 aromatic heterocycles. The summed E-state index contributed by atoms with van der Waals surface area (Å²) in [6, 6.07) is 6.93. The van der Waals surface area contributed by atoms with Crippen molar-refractivity contribution in [1.82, 2.24) is 10.2 Å². The molecule has 0 unspecified atom stereocenters. The van der Waals surface area contributed by atoms with Crippen LogP contribution in [0, 0.1) is 6.92 Å². The van der Waals surface area contributed by atoms with E-state index in [0.29, 0.717) is 34.1 Å². The van der Waals surface area contributed by atoms with Gasteiger partial charge < -0.3 is 23.6 Å². The zero-order valence-electron chi connectivity index (χ0n) is 15.3. The molecule has 1 amide bonds. The standard InChI is InChI=1S/C18H19N3O5S/c1-10-13(7-8-25-10)17-20-21-18(26-17)27-11(2)16(22)19-14-9-12(23-3)5-6-15(14)24-4/h5-9,11H,1-4H3,(H,19,22)/t11-/m0/s1. The molecule has 0 aliphatic rings. The Balaban J connectivity index is 1.68. The van der Waals surface area contributed by atoms with Gasteiger partial charge in [-0.3, -0.25) is 4.79 Å². The summed E-state index contributed by atoms with van der Waals surface area (Å²) in [6.07, 6.45) is 1.55. The van der Waals surface area contributed by atoms with Gasteiger partial charge in [-0.2, -0.15) is 0 Å². The van der Waals surface area contributed by atoms with Crippen LogP contribution in [0.1, 0.15) is 12.7 Å². The number of hydrogen-bond donors (Lipinski definition) is 1. The number of furan rings is 1. The van der Waals surface area contributed by atoms with Gasteiger partial charge in [0.15, 0.2) is 0 Å². The topological polar surface area (TPSA) is 99.6 Å². The zero-order chi connectivity index (χ0) is 19.4. The number of anilines is 1. The molecule has 9 heteroatoms. The first-order chi connectivity index (χ1) is 13.0. The van der Waals surface area contributed by atoms with Crippen molar-refractivity contribution in [2.45, 2.75) is 24.3 Å². The van der Waals surface area contributed by atoms with Crippen LogP contribution >= 0.6 is 11.8 Å². The smallest absolute Gasteiger partial charge is 0.277 e. The first-order valence-corrected chi connectivity index (χ1v) is 8.97. The van der Waals surface area contributed by atoms with Gasteiger partial charge in [0, 0.05) is 6.07 Å². The van der Waals surface area contributed by atoms with Gasteiger partial charge in [-0.05, 0) is 32.0 Å². The molecule has 142 valence electrons. The van der Waals surface area contributed by atoms with E-state index in [1.54, 1.807) is 44.6 Å². The minimum Gasteiger partial charge on any atom is -0.497 e. The quantitative estimate of drug-likeness (QED) is 0.610. The molecule has 0 aliphatic heterocycles. The number of nitrogens with one attached hydrogen (secondary N) is 1. The molecular weight excluding hydrogens is 370 g/mol. The SMILES string of the molecule is COc1ccc(OC)c(NC(=O)[C@H](C)Sc2nnc(-c3ccoc3C)o2)c1. The second-order valence-corrected chi connectivity index (χ2v) is 6.87. The van der Waals surface area contributed by atoms with Gasteiger partial charge >= 0.3 is 0 Å². The van der Waals surface area contributed by atoms with Crippen molar-refractivity contribution in [3.63, 3.8) is 0 Å². The summed E-state index contributed by atoms with van der Waals surface area (Å²) in [5, 5.41) is 10.6. The van der Waals surface area contributed by atoms with Gasteiger partial charge in [0.1, 0.15) is 17.3 Å². The van der Waals surface area contributed by atoms with Gasteiger partial charge in [0.25, 0.3) is 11.1 Å². The van der Waals surface area contributed by atoms with Crippen molar-refractivity contribution in [1.29, 1.82) is 0 Å². The van der Waals surface area contributed by atoms with Gasteiger partial charge in [-0.15, -0.1) is 10.2 Å². The maximum absolute atomic E-state index is 12.5. The van der Waals surface area contributed by atoms with Crippen LogP contribution in [0.4, 0.5) is 5.69 Å². The molecule has 0 saturated heterocycles. The molecule has 0 spiro atoms. The number of nitrogens with zero attached hydrogens (tertiary/aromatic N) is 2. The number of rotatable bonds is 7. The normalized spacial score (nSPS) is 11.9. The Morgan fingerprint density at radius 2 is 2.04 bits per heavy atom. The van der Waals surface area contributed by atoms with Crippen LogP contribution in [0.2, 0.25) is 0 Å². The molecule has 8 nitrogen and oxygen atoms in total. The van der Waals surface area contributed by atoms with Crippen LogP contribution in [0.3, 0.4) is 0 Å². The Hall–Kier alpha value is -2.94. The van der Waals surface area contributed by atoms with Crippen molar-refractivity contribution in [2.24, 2.45) is 0 Å². The Morgan fingerprint density at radius 3 is 2.70 bits per heavy atom. The highest BCUT2D eigenvalue weighted by Crippen LogP contribution is 2.31. The number of aryl methyl sites for hydroxylation is 1. The van der Waals surface area contributed by atoms with Gasteiger partial charge in [-0.1, -0.05) is 11.8 Å². The second kappa shape index (κ2) is 8.17. The molecule has 27 heavy (non-hydrogen) atoms. The Bertz CT molecular complexity index is 937. The zero-order valence-corrected chi connectivity index (χ0v) is 16.1. The first kappa shape index (κ1) is 18.8. The molecule has 0 bridgehead atoms. The third kappa shape index (κ3) is 4.25. The van der Waals surface area contributed by atoms with Gasteiger partial charge in [0.2, 0.25) is 5.91 Å². The molecule has 2 heterocycles. The average molecular weight is 389 g/mol. The molecule has 1 aromatic carbocycles. The molecule has 0 radical (unpaired) electrons. The van der Waals surface area contributed by atoms with E-state index in [4.69, 9.17) is 18.3 Å². The Kier molecular flexibility index (Phi) is 5.70. The fourth-order valence-corrected chi connectivity index (χ4v) is 3.01. The van der Waals surface area contributed by atoms with Crippen molar-refractivity contribution in [3.8, 4) is 23.0 Å². The third-order valence-corrected chi connectivity index (χ3v) is 4.74. The number of carbonyl (C=O) groups excluding carboxylic acids is 1. The fraction of sp³-hybridized carbons (Fsp3) is 0.278. The van der Waals surface area contributed by atoms with Crippen molar-refractivity contribution in [3.05, 3.63) is 36.3 Å². The maximum atomic E-state index is 12.5. The molecule has 1 atom stereocenters. The number of carbonyl (C=O) groups is 1. The van der Waals surface area contributed by atoms with E-state index in [-0.39, 0.29) is 5.91 Å². The number of benzene rings is 1. The fourth-order valence-electron chi connectivity index (χ4n) is 2.32. The van der Waals surface area contributed by atoms with Crippen LogP contribution in [-0.2, 0) is 4.79 Å². The second-order valence-electron chi connectivity index (χ2n) is 5.58. The highest BCUT2D eigenvalue weighted by atomic mass is 32.2. The number of amides is 1. The lowest BCUT2D eigenvalue weighted by atomic mass is 10.2. The van der Waals surface area contributed by atoms with E-state index in [0.717, 1.165) is 17.3 Å². The summed E-state index contributed by atoms with van der Waals surface area (Å²) in [6.45, 7) is 3.56. The molecule has 0 aliphatic carbocycles. The molecule has 3 aromatic rings. The van der Waals surface area contributed by atoms with Crippen LogP contribution in [0.5, 0.6) is 11.5 Å². The summed E-state index contributed by atoms with van der Waals surface area (Å²) in [5.74, 6) is 1.96. The van der Waals surface area contributed by atoms with E-state index >= 15 is 0 Å². The summed E-state index contributed by atoms with van der Waals surface area (Å²) in [5.41, 5.74) is 1.25. The average Bonchev–Trinajstić information content (AvgIpc) is 3.30. The molecule has 1 N–H and O–H groups in total. The van der Waals surface area contributed by atoms with E-state index in [9.17, 15) is 4.79 Å². The third-order valence-electron chi connectivity index (χ3n) is 3.81. The molecule has 0 saturated carbocycles. The van der Waals surface area contributed by atoms with Crippen molar-refractivity contribution in [2.75, 3.05) is 19.5 Å². The monoisotopic (exact) mass is 389 g/mol. The van der Waals surface area contributed by atoms with Crippen LogP contribution in [-0.4, -0.2) is 35.6 Å². The van der Waals surface area contributed by atoms with E-state index in [1.165, 1.54) is 7.11 Å². The lowest BCUT2D eigenvalue weighted by Gasteiger charge is -2.14. The molecular formula is C18H19N3O5S. The van der Waals surface area contributed by atoms with Crippen LogP contribution in [0.15, 0.2) is 44.6 Å². The van der Waals surface area contributed by atoms with Gasteiger partial charge in [0.05, 0.1) is 37.0 Å². The minimum absolute atomic E-state index is 0.231. The number of aromatic nitrogens is 2.